The lowest BCUT2D eigenvalue weighted by Crippen LogP contribution is -2.54. The molecule has 3 heteroatoms. The highest BCUT2D eigenvalue weighted by atomic mass is 16.3. The van der Waals surface area contributed by atoms with E-state index in [0.29, 0.717) is 6.61 Å². The van der Waals surface area contributed by atoms with Crippen molar-refractivity contribution in [2.24, 2.45) is 11.8 Å². The number of aliphatic hydroxyl groups excluding tert-OH is 1. The lowest BCUT2D eigenvalue weighted by molar-refractivity contribution is 0.104. The van der Waals surface area contributed by atoms with Gasteiger partial charge in [0.05, 0.1) is 6.61 Å². The Bertz CT molecular complexity index is 220. The number of hydrogen-bond acceptors (Lipinski definition) is 3. The van der Waals surface area contributed by atoms with Crippen LogP contribution in [0.4, 0.5) is 0 Å². The molecule has 88 valence electrons. The number of fused-ring (bicyclic) bond motifs is 2. The molecule has 3 unspecified atom stereocenters. The van der Waals surface area contributed by atoms with Gasteiger partial charge in [0.1, 0.15) is 0 Å². The van der Waals surface area contributed by atoms with Crippen molar-refractivity contribution in [2.75, 3.05) is 33.8 Å². The Morgan fingerprint density at radius 2 is 2.20 bits per heavy atom. The topological polar surface area (TPSA) is 35.5 Å². The average Bonchev–Trinajstić information content (AvgIpc) is 2.77. The third-order valence-corrected chi connectivity index (χ3v) is 4.29. The zero-order valence-corrected chi connectivity index (χ0v) is 10.00. The summed E-state index contributed by atoms with van der Waals surface area (Å²) in [6.45, 7) is 2.37. The highest BCUT2D eigenvalue weighted by Crippen LogP contribution is 2.50. The van der Waals surface area contributed by atoms with Gasteiger partial charge in [-0.3, -0.25) is 0 Å². The van der Waals surface area contributed by atoms with Crippen LogP contribution in [0.2, 0.25) is 0 Å². The van der Waals surface area contributed by atoms with Crippen LogP contribution in [-0.4, -0.2) is 49.3 Å². The van der Waals surface area contributed by atoms with Crippen molar-refractivity contribution in [1.82, 2.24) is 10.2 Å². The van der Waals surface area contributed by atoms with Gasteiger partial charge in [0.2, 0.25) is 0 Å². The van der Waals surface area contributed by atoms with E-state index in [2.05, 4.69) is 24.3 Å². The van der Waals surface area contributed by atoms with Crippen LogP contribution in [0.15, 0.2) is 0 Å². The molecule has 0 aromatic carbocycles. The summed E-state index contributed by atoms with van der Waals surface area (Å²) in [5.74, 6) is 1.61. The molecule has 15 heavy (non-hydrogen) atoms. The minimum absolute atomic E-state index is 0.0684. The van der Waals surface area contributed by atoms with Crippen molar-refractivity contribution < 1.29 is 5.11 Å². The monoisotopic (exact) mass is 212 g/mol. The molecule has 2 bridgehead atoms. The fraction of sp³-hybridized carbons (Fsp3) is 1.00. The van der Waals surface area contributed by atoms with E-state index in [4.69, 9.17) is 0 Å². The molecule has 2 aliphatic carbocycles. The standard InChI is InChI=1S/C12H24N2O/c1-14(2)6-5-13-12(9-15)8-10-3-4-11(12)7-10/h10-11,13,15H,3-9H2,1-2H3. The highest BCUT2D eigenvalue weighted by molar-refractivity contribution is 5.06. The molecule has 0 aliphatic heterocycles. The Morgan fingerprint density at radius 1 is 1.40 bits per heavy atom. The summed E-state index contributed by atoms with van der Waals surface area (Å²) < 4.78 is 0. The Hall–Kier alpha value is -0.120. The molecule has 0 aromatic rings. The fourth-order valence-electron chi connectivity index (χ4n) is 3.44. The first-order valence-electron chi connectivity index (χ1n) is 6.17. The first-order valence-corrected chi connectivity index (χ1v) is 6.17. The molecule has 0 heterocycles. The zero-order chi connectivity index (χ0) is 10.9. The van der Waals surface area contributed by atoms with Gasteiger partial charge in [-0.2, -0.15) is 0 Å². The largest absolute Gasteiger partial charge is 0.394 e. The van der Waals surface area contributed by atoms with Crippen LogP contribution in [0.25, 0.3) is 0 Å². The normalized spacial score (nSPS) is 39.2. The van der Waals surface area contributed by atoms with E-state index in [1.54, 1.807) is 0 Å². The molecule has 2 fully saturated rings. The van der Waals surface area contributed by atoms with Crippen LogP contribution < -0.4 is 5.32 Å². The molecule has 3 atom stereocenters. The number of hydrogen-bond donors (Lipinski definition) is 2. The molecule has 0 amide bonds. The van der Waals surface area contributed by atoms with Crippen molar-refractivity contribution >= 4 is 0 Å². The van der Waals surface area contributed by atoms with Crippen molar-refractivity contribution in [1.29, 1.82) is 0 Å². The third kappa shape index (κ3) is 2.19. The van der Waals surface area contributed by atoms with Crippen molar-refractivity contribution in [3.8, 4) is 0 Å². The van der Waals surface area contributed by atoms with Crippen LogP contribution >= 0.6 is 0 Å². The molecule has 2 N–H and O–H groups in total. The second-order valence-corrected chi connectivity index (χ2v) is 5.62. The molecule has 0 aromatic heterocycles. The van der Waals surface area contributed by atoms with Crippen LogP contribution in [0.5, 0.6) is 0 Å². The van der Waals surface area contributed by atoms with E-state index in [0.717, 1.165) is 24.9 Å². The molecule has 2 aliphatic rings. The molecule has 0 spiro atoms. The van der Waals surface area contributed by atoms with Crippen molar-refractivity contribution in [3.05, 3.63) is 0 Å². The molecular weight excluding hydrogens is 188 g/mol. The number of rotatable bonds is 5. The molecular formula is C12H24N2O. The van der Waals surface area contributed by atoms with Gasteiger partial charge in [-0.15, -0.1) is 0 Å². The van der Waals surface area contributed by atoms with Gasteiger partial charge < -0.3 is 15.3 Å². The van der Waals surface area contributed by atoms with E-state index in [-0.39, 0.29) is 5.54 Å². The third-order valence-electron chi connectivity index (χ3n) is 4.29. The summed E-state index contributed by atoms with van der Waals surface area (Å²) >= 11 is 0. The fourth-order valence-corrected chi connectivity index (χ4v) is 3.44. The maximum atomic E-state index is 9.63. The SMILES string of the molecule is CN(C)CCNC1(CO)CC2CCC1C2. The maximum Gasteiger partial charge on any atom is 0.0616 e. The van der Waals surface area contributed by atoms with E-state index in [1.165, 1.54) is 25.7 Å². The highest BCUT2D eigenvalue weighted by Gasteiger charge is 2.50. The van der Waals surface area contributed by atoms with Crippen LogP contribution in [0.3, 0.4) is 0 Å². The van der Waals surface area contributed by atoms with Gasteiger partial charge in [0.25, 0.3) is 0 Å². The van der Waals surface area contributed by atoms with E-state index in [1.807, 2.05) is 0 Å². The van der Waals surface area contributed by atoms with Crippen LogP contribution in [0, 0.1) is 11.8 Å². The first-order chi connectivity index (χ1) is 7.16. The lowest BCUT2D eigenvalue weighted by Gasteiger charge is -2.37. The molecule has 2 rings (SSSR count). The lowest BCUT2D eigenvalue weighted by atomic mass is 9.81. The van der Waals surface area contributed by atoms with Crippen LogP contribution in [0.1, 0.15) is 25.7 Å². The number of nitrogens with zero attached hydrogens (tertiary/aromatic N) is 1. The van der Waals surface area contributed by atoms with Crippen molar-refractivity contribution in [3.63, 3.8) is 0 Å². The van der Waals surface area contributed by atoms with E-state index in [9.17, 15) is 5.11 Å². The van der Waals surface area contributed by atoms with E-state index >= 15 is 0 Å². The maximum absolute atomic E-state index is 9.63. The minimum Gasteiger partial charge on any atom is -0.394 e. The zero-order valence-electron chi connectivity index (χ0n) is 10.00. The second-order valence-electron chi connectivity index (χ2n) is 5.62. The van der Waals surface area contributed by atoms with Gasteiger partial charge >= 0.3 is 0 Å². The Kier molecular flexibility index (Phi) is 3.33. The minimum atomic E-state index is 0.0684. The summed E-state index contributed by atoms with van der Waals surface area (Å²) in [5.41, 5.74) is 0.0684. The molecule has 0 radical (unpaired) electrons. The number of likely N-dealkylation sites (N-methyl/N-ethyl adjacent to an activating group) is 1. The molecule has 2 saturated carbocycles. The number of aliphatic hydroxyl groups is 1. The summed E-state index contributed by atoms with van der Waals surface area (Å²) in [6.07, 6.45) is 5.25. The predicted octanol–water partition coefficient (Wildman–Crippen LogP) is 0.689. The summed E-state index contributed by atoms with van der Waals surface area (Å²) in [7, 11) is 4.18. The van der Waals surface area contributed by atoms with Gasteiger partial charge in [-0.05, 0) is 45.2 Å². The second kappa shape index (κ2) is 4.40. The quantitative estimate of drug-likeness (QED) is 0.704. The Balaban J connectivity index is 1.86. The van der Waals surface area contributed by atoms with Crippen molar-refractivity contribution in [2.45, 2.75) is 31.2 Å². The van der Waals surface area contributed by atoms with Gasteiger partial charge in [-0.1, -0.05) is 6.42 Å². The molecule has 0 saturated heterocycles. The smallest absolute Gasteiger partial charge is 0.0616 e. The van der Waals surface area contributed by atoms with Gasteiger partial charge in [0.15, 0.2) is 0 Å². The number of nitrogens with one attached hydrogen (secondary N) is 1. The average molecular weight is 212 g/mol. The van der Waals surface area contributed by atoms with Gasteiger partial charge in [0, 0.05) is 18.6 Å². The Labute approximate surface area is 92.8 Å². The summed E-state index contributed by atoms with van der Waals surface area (Å²) in [4.78, 5) is 2.19. The first kappa shape index (κ1) is 11.4. The predicted molar refractivity (Wildman–Crippen MR) is 61.8 cm³/mol. The van der Waals surface area contributed by atoms with Crippen LogP contribution in [-0.2, 0) is 0 Å². The van der Waals surface area contributed by atoms with Gasteiger partial charge in [-0.25, -0.2) is 0 Å². The van der Waals surface area contributed by atoms with E-state index < -0.39 is 0 Å². The molecule has 3 nitrogen and oxygen atoms in total. The summed E-state index contributed by atoms with van der Waals surface area (Å²) in [6, 6.07) is 0. The summed E-state index contributed by atoms with van der Waals surface area (Å²) in [5, 5.41) is 13.2. The Morgan fingerprint density at radius 3 is 2.67 bits per heavy atom.